The lowest BCUT2D eigenvalue weighted by Gasteiger charge is -2.26. The molecule has 0 aliphatic heterocycles. The molecule has 162 valence electrons. The number of benzene rings is 4. The maximum Gasteiger partial charge on any atom is 0.261 e. The van der Waals surface area contributed by atoms with Crippen molar-refractivity contribution in [3.63, 3.8) is 0 Å². The van der Waals surface area contributed by atoms with Crippen LogP contribution in [-0.2, 0) is 15.4 Å². The molecule has 0 atom stereocenters. The Morgan fingerprint density at radius 3 is 1.66 bits per heavy atom. The van der Waals surface area contributed by atoms with Crippen LogP contribution in [0.3, 0.4) is 0 Å². The third-order valence-corrected chi connectivity index (χ3v) is 6.86. The van der Waals surface area contributed by atoms with Crippen molar-refractivity contribution in [2.45, 2.75) is 24.2 Å². The van der Waals surface area contributed by atoms with Crippen LogP contribution in [0, 0.1) is 0 Å². The van der Waals surface area contributed by atoms with E-state index in [1.165, 1.54) is 11.1 Å². The first-order valence-electron chi connectivity index (χ1n) is 10.4. The molecule has 4 aromatic carbocycles. The van der Waals surface area contributed by atoms with Crippen molar-refractivity contribution in [2.75, 3.05) is 4.72 Å². The Kier molecular flexibility index (Phi) is 6.01. The molecule has 0 spiro atoms. The average molecular weight is 444 g/mol. The van der Waals surface area contributed by atoms with E-state index in [1.54, 1.807) is 54.6 Å². The maximum absolute atomic E-state index is 12.5. The zero-order valence-corrected chi connectivity index (χ0v) is 18.8. The number of hydrogen-bond donors (Lipinski definition) is 1. The molecule has 0 aliphatic carbocycles. The summed E-state index contributed by atoms with van der Waals surface area (Å²) in [6.07, 6.45) is 0. The molecule has 0 aromatic heterocycles. The number of ether oxygens (including phenoxy) is 1. The average Bonchev–Trinajstić information content (AvgIpc) is 2.82. The molecule has 4 aromatic rings. The zero-order valence-electron chi connectivity index (χ0n) is 18.0. The van der Waals surface area contributed by atoms with E-state index in [4.69, 9.17) is 4.74 Å². The minimum absolute atomic E-state index is 0.114. The molecule has 4 rings (SSSR count). The van der Waals surface area contributed by atoms with Crippen LogP contribution in [0.5, 0.6) is 11.5 Å². The lowest BCUT2D eigenvalue weighted by molar-refractivity contribution is 0.482. The molecular weight excluding hydrogens is 418 g/mol. The molecule has 0 radical (unpaired) electrons. The summed E-state index contributed by atoms with van der Waals surface area (Å²) < 4.78 is 33.4. The summed E-state index contributed by atoms with van der Waals surface area (Å²) in [6.45, 7) is 4.40. The summed E-state index contributed by atoms with van der Waals surface area (Å²) in [5, 5.41) is 0. The molecule has 0 aliphatic rings. The predicted octanol–water partition coefficient (Wildman–Crippen LogP) is 6.61. The van der Waals surface area contributed by atoms with E-state index in [1.807, 2.05) is 18.2 Å². The van der Waals surface area contributed by atoms with Crippen molar-refractivity contribution in [3.05, 3.63) is 120 Å². The first-order valence-corrected chi connectivity index (χ1v) is 11.8. The normalized spacial score (nSPS) is 11.7. The second-order valence-electron chi connectivity index (χ2n) is 8.06. The molecule has 0 bridgehead atoms. The fourth-order valence-electron chi connectivity index (χ4n) is 3.50. The fourth-order valence-corrected chi connectivity index (χ4v) is 4.58. The summed E-state index contributed by atoms with van der Waals surface area (Å²) >= 11 is 0. The first kappa shape index (κ1) is 21.7. The number of anilines is 1. The van der Waals surface area contributed by atoms with Crippen LogP contribution in [0.4, 0.5) is 5.69 Å². The number of nitrogens with one attached hydrogen (secondary N) is 1. The lowest BCUT2D eigenvalue weighted by atomic mass is 9.78. The Balaban J connectivity index is 1.44. The van der Waals surface area contributed by atoms with E-state index in [0.717, 1.165) is 5.75 Å². The highest BCUT2D eigenvalue weighted by Gasteiger charge is 2.22. The molecule has 0 saturated carbocycles. The van der Waals surface area contributed by atoms with Crippen molar-refractivity contribution in [2.24, 2.45) is 0 Å². The summed E-state index contributed by atoms with van der Waals surface area (Å²) in [4.78, 5) is 0.221. The van der Waals surface area contributed by atoms with Crippen LogP contribution < -0.4 is 9.46 Å². The highest BCUT2D eigenvalue weighted by molar-refractivity contribution is 7.92. The van der Waals surface area contributed by atoms with Crippen molar-refractivity contribution in [1.82, 2.24) is 0 Å². The number of sulfonamides is 1. The van der Waals surface area contributed by atoms with Crippen LogP contribution in [0.1, 0.15) is 25.0 Å². The van der Waals surface area contributed by atoms with Gasteiger partial charge < -0.3 is 4.74 Å². The Labute approximate surface area is 189 Å². The van der Waals surface area contributed by atoms with E-state index < -0.39 is 10.0 Å². The van der Waals surface area contributed by atoms with Gasteiger partial charge in [-0.25, -0.2) is 8.42 Å². The van der Waals surface area contributed by atoms with Crippen molar-refractivity contribution in [1.29, 1.82) is 0 Å². The quantitative estimate of drug-likeness (QED) is 0.350. The van der Waals surface area contributed by atoms with Gasteiger partial charge in [-0.05, 0) is 59.7 Å². The van der Waals surface area contributed by atoms with Crippen LogP contribution in [0.15, 0.2) is 114 Å². The van der Waals surface area contributed by atoms with Gasteiger partial charge in [0.05, 0.1) is 4.90 Å². The molecule has 5 heteroatoms. The van der Waals surface area contributed by atoms with Gasteiger partial charge in [0.2, 0.25) is 0 Å². The van der Waals surface area contributed by atoms with Gasteiger partial charge in [-0.1, -0.05) is 74.5 Å². The minimum atomic E-state index is -3.62. The smallest absolute Gasteiger partial charge is 0.261 e. The third kappa shape index (κ3) is 4.84. The van der Waals surface area contributed by atoms with Crippen LogP contribution in [0.2, 0.25) is 0 Å². The third-order valence-electron chi connectivity index (χ3n) is 5.47. The Morgan fingerprint density at radius 2 is 1.09 bits per heavy atom. The largest absolute Gasteiger partial charge is 0.457 e. The topological polar surface area (TPSA) is 55.4 Å². The van der Waals surface area contributed by atoms with Crippen LogP contribution in [0.25, 0.3) is 0 Å². The van der Waals surface area contributed by atoms with E-state index in [-0.39, 0.29) is 10.3 Å². The first-order chi connectivity index (χ1) is 15.3. The van der Waals surface area contributed by atoms with Gasteiger partial charge in [0, 0.05) is 11.1 Å². The summed E-state index contributed by atoms with van der Waals surface area (Å²) in [5.41, 5.74) is 2.81. The standard InChI is InChI=1S/C27H25NO3S/c1-27(2,21-9-5-3-6-10-21)22-13-17-24(18-14-22)31-25-19-15-23(16-20-25)28-32(29,30)26-11-7-4-8-12-26/h3-20,28H,1-2H3. The fraction of sp³-hybridized carbons (Fsp3) is 0.111. The van der Waals surface area contributed by atoms with E-state index in [9.17, 15) is 8.42 Å². The summed E-state index contributed by atoms with van der Waals surface area (Å²) in [7, 11) is -3.62. The van der Waals surface area contributed by atoms with E-state index in [0.29, 0.717) is 11.4 Å². The van der Waals surface area contributed by atoms with Gasteiger partial charge in [0.25, 0.3) is 10.0 Å². The van der Waals surface area contributed by atoms with Gasteiger partial charge in [0.15, 0.2) is 0 Å². The van der Waals surface area contributed by atoms with Gasteiger partial charge in [-0.2, -0.15) is 0 Å². The molecular formula is C27H25NO3S. The second-order valence-corrected chi connectivity index (χ2v) is 9.74. The summed E-state index contributed by atoms with van der Waals surface area (Å²) in [5.74, 6) is 1.35. The maximum atomic E-state index is 12.5. The van der Waals surface area contributed by atoms with Crippen LogP contribution in [-0.4, -0.2) is 8.42 Å². The second kappa shape index (κ2) is 8.89. The van der Waals surface area contributed by atoms with Crippen LogP contribution >= 0.6 is 0 Å². The molecule has 0 heterocycles. The monoisotopic (exact) mass is 443 g/mol. The Hall–Kier alpha value is -3.57. The van der Waals surface area contributed by atoms with Gasteiger partial charge in [-0.15, -0.1) is 0 Å². The number of rotatable bonds is 7. The molecule has 0 fully saturated rings. The van der Waals surface area contributed by atoms with Gasteiger partial charge in [0.1, 0.15) is 11.5 Å². The predicted molar refractivity (Wildman–Crippen MR) is 129 cm³/mol. The minimum Gasteiger partial charge on any atom is -0.457 e. The Bertz CT molecular complexity index is 1270. The van der Waals surface area contributed by atoms with E-state index in [2.05, 4.69) is 55.0 Å². The van der Waals surface area contributed by atoms with E-state index >= 15 is 0 Å². The van der Waals surface area contributed by atoms with Crippen molar-refractivity contribution < 1.29 is 13.2 Å². The zero-order chi connectivity index (χ0) is 22.6. The molecule has 1 N–H and O–H groups in total. The molecule has 0 amide bonds. The number of hydrogen-bond acceptors (Lipinski definition) is 3. The molecule has 4 nitrogen and oxygen atoms in total. The van der Waals surface area contributed by atoms with Gasteiger partial charge in [-0.3, -0.25) is 4.72 Å². The Morgan fingerprint density at radius 1 is 0.625 bits per heavy atom. The van der Waals surface area contributed by atoms with Gasteiger partial charge >= 0.3 is 0 Å². The van der Waals surface area contributed by atoms with Crippen molar-refractivity contribution >= 4 is 15.7 Å². The highest BCUT2D eigenvalue weighted by atomic mass is 32.2. The molecule has 0 saturated heterocycles. The van der Waals surface area contributed by atoms with Crippen molar-refractivity contribution in [3.8, 4) is 11.5 Å². The highest BCUT2D eigenvalue weighted by Crippen LogP contribution is 2.33. The summed E-state index contributed by atoms with van der Waals surface area (Å²) in [6, 6.07) is 33.6. The molecule has 32 heavy (non-hydrogen) atoms. The lowest BCUT2D eigenvalue weighted by Crippen LogP contribution is -2.18. The SMILES string of the molecule is CC(C)(c1ccccc1)c1ccc(Oc2ccc(NS(=O)(=O)c3ccccc3)cc2)cc1. The molecule has 0 unspecified atom stereocenters.